The zero-order valence-corrected chi connectivity index (χ0v) is 19.5. The Kier molecular flexibility index (Phi) is 5.41. The molecule has 0 radical (unpaired) electrons. The highest BCUT2D eigenvalue weighted by molar-refractivity contribution is 7.15. The van der Waals surface area contributed by atoms with Crippen molar-refractivity contribution in [3.63, 3.8) is 0 Å². The van der Waals surface area contributed by atoms with Crippen LogP contribution in [0.15, 0.2) is 64.3 Å². The minimum atomic E-state index is -0.881. The van der Waals surface area contributed by atoms with Crippen LogP contribution in [0.2, 0.25) is 0 Å². The molecule has 0 spiro atoms. The van der Waals surface area contributed by atoms with Crippen LogP contribution in [0.1, 0.15) is 39.7 Å². The van der Waals surface area contributed by atoms with Gasteiger partial charge in [-0.1, -0.05) is 54.7 Å². The first-order valence-electron chi connectivity index (χ1n) is 10.7. The van der Waals surface area contributed by atoms with Gasteiger partial charge >= 0.3 is 0 Å². The summed E-state index contributed by atoms with van der Waals surface area (Å²) < 4.78 is 11.2. The average Bonchev–Trinajstić information content (AvgIpc) is 3.55. The van der Waals surface area contributed by atoms with Crippen LogP contribution in [0.4, 0.5) is 5.13 Å². The fraction of sp³-hybridized carbons (Fsp3) is 0.200. The van der Waals surface area contributed by atoms with Crippen molar-refractivity contribution in [3.8, 4) is 5.75 Å². The summed E-state index contributed by atoms with van der Waals surface area (Å²) in [4.78, 5) is 28.2. The Hall–Kier alpha value is -3.98. The van der Waals surface area contributed by atoms with Gasteiger partial charge in [0.2, 0.25) is 10.9 Å². The second-order valence-electron chi connectivity index (χ2n) is 7.86. The van der Waals surface area contributed by atoms with Crippen molar-refractivity contribution in [3.05, 3.63) is 81.8 Å². The molecule has 2 aromatic carbocycles. The molecule has 0 bridgehead atoms. The number of nitrogens with zero attached hydrogens (tertiary/aromatic N) is 3. The summed E-state index contributed by atoms with van der Waals surface area (Å²) in [6, 6.07) is 13.6. The molecule has 2 aromatic heterocycles. The number of aliphatic hydroxyl groups excluding tert-OH is 1. The number of rotatable bonds is 6. The maximum atomic E-state index is 13.7. The smallest absolute Gasteiger partial charge is 0.296 e. The third kappa shape index (κ3) is 3.45. The van der Waals surface area contributed by atoms with Crippen LogP contribution in [0.5, 0.6) is 5.75 Å². The lowest BCUT2D eigenvalue weighted by atomic mass is 9.94. The van der Waals surface area contributed by atoms with E-state index in [-0.39, 0.29) is 11.3 Å². The van der Waals surface area contributed by atoms with Gasteiger partial charge in [0.05, 0.1) is 18.7 Å². The van der Waals surface area contributed by atoms with Gasteiger partial charge < -0.3 is 14.3 Å². The number of aromatic nitrogens is 2. The zero-order chi connectivity index (χ0) is 24.0. The molecule has 0 saturated heterocycles. The van der Waals surface area contributed by atoms with E-state index in [2.05, 4.69) is 10.2 Å². The van der Waals surface area contributed by atoms with Crippen LogP contribution in [0.3, 0.4) is 0 Å². The van der Waals surface area contributed by atoms with Crippen molar-refractivity contribution in [1.82, 2.24) is 10.2 Å². The molecule has 3 heterocycles. The highest BCUT2D eigenvalue weighted by Crippen LogP contribution is 2.43. The summed E-state index contributed by atoms with van der Waals surface area (Å²) in [5.74, 6) is -1.45. The number of hydrogen-bond acceptors (Lipinski definition) is 8. The molecular weight excluding hydrogens is 454 g/mol. The number of Topliss-reactive ketones (excluding diaryl/α,β-unsaturated/α-hetero) is 1. The lowest BCUT2D eigenvalue weighted by molar-refractivity contribution is -0.117. The molecular formula is C25H21N3O5S. The number of aryl methyl sites for hydroxylation is 2. The number of carbonyl (C=O) groups excluding carboxylic acids is 2. The van der Waals surface area contributed by atoms with Crippen LogP contribution in [0, 0.1) is 6.92 Å². The maximum absolute atomic E-state index is 13.7. The summed E-state index contributed by atoms with van der Waals surface area (Å²) in [7, 11) is 1.51. The highest BCUT2D eigenvalue weighted by Gasteiger charge is 2.46. The second-order valence-corrected chi connectivity index (χ2v) is 9.02. The SMILES string of the molecule is CCc1ccc(C2C(C(=O)c3cc4cccc(OC)c4o3)=C(O)C(=O)N2c2nnc(C)s2)cc1. The number of ether oxygens (including phenoxy) is 1. The Morgan fingerprint density at radius 1 is 1.21 bits per heavy atom. The highest BCUT2D eigenvalue weighted by atomic mass is 32.1. The number of para-hydroxylation sites is 1. The van der Waals surface area contributed by atoms with E-state index in [1.807, 2.05) is 31.2 Å². The van der Waals surface area contributed by atoms with Crippen molar-refractivity contribution in [1.29, 1.82) is 0 Å². The van der Waals surface area contributed by atoms with E-state index in [0.29, 0.717) is 32.4 Å². The standard InChI is InChI=1S/C25H21N3O5S/c1-4-14-8-10-15(11-9-14)20-19(22(30)24(31)28(20)25-27-26-13(2)34-25)21(29)18-12-16-6-5-7-17(32-3)23(16)33-18/h5-12,20,30H,4H2,1-3H3. The van der Waals surface area contributed by atoms with E-state index in [1.165, 1.54) is 23.3 Å². The van der Waals surface area contributed by atoms with E-state index in [4.69, 9.17) is 9.15 Å². The molecule has 0 fully saturated rings. The van der Waals surface area contributed by atoms with Gasteiger partial charge in [-0.3, -0.25) is 14.5 Å². The van der Waals surface area contributed by atoms with E-state index in [0.717, 1.165) is 12.0 Å². The van der Waals surface area contributed by atoms with Gasteiger partial charge in [0, 0.05) is 5.39 Å². The number of amides is 1. The molecule has 8 nitrogen and oxygen atoms in total. The molecule has 1 atom stereocenters. The molecule has 0 aliphatic carbocycles. The minimum absolute atomic E-state index is 0.000627. The lowest BCUT2D eigenvalue weighted by Crippen LogP contribution is -2.31. The van der Waals surface area contributed by atoms with Crippen LogP contribution in [-0.4, -0.2) is 34.1 Å². The monoisotopic (exact) mass is 475 g/mol. The maximum Gasteiger partial charge on any atom is 0.296 e. The first-order chi connectivity index (χ1) is 16.4. The van der Waals surface area contributed by atoms with E-state index in [1.54, 1.807) is 31.2 Å². The normalized spacial score (nSPS) is 16.0. The second kappa shape index (κ2) is 8.42. The summed E-state index contributed by atoms with van der Waals surface area (Å²) >= 11 is 1.21. The number of anilines is 1. The number of fused-ring (bicyclic) bond motifs is 1. The Morgan fingerprint density at radius 3 is 2.62 bits per heavy atom. The van der Waals surface area contributed by atoms with Gasteiger partial charge in [0.15, 0.2) is 22.9 Å². The number of methoxy groups -OCH3 is 1. The third-order valence-corrected chi connectivity index (χ3v) is 6.67. The van der Waals surface area contributed by atoms with E-state index < -0.39 is 23.5 Å². The van der Waals surface area contributed by atoms with Crippen LogP contribution in [0.25, 0.3) is 11.0 Å². The topological polar surface area (TPSA) is 106 Å². The van der Waals surface area contributed by atoms with Crippen LogP contribution < -0.4 is 9.64 Å². The predicted octanol–water partition coefficient (Wildman–Crippen LogP) is 4.95. The van der Waals surface area contributed by atoms with Gasteiger partial charge in [-0.2, -0.15) is 0 Å². The molecule has 172 valence electrons. The summed E-state index contributed by atoms with van der Waals surface area (Å²) in [6.07, 6.45) is 0.844. The largest absolute Gasteiger partial charge is 0.503 e. The summed E-state index contributed by atoms with van der Waals surface area (Å²) in [5.41, 5.74) is 2.12. The molecule has 1 amide bonds. The Bertz CT molecular complexity index is 1450. The molecule has 1 unspecified atom stereocenters. The number of carbonyl (C=O) groups is 2. The minimum Gasteiger partial charge on any atom is -0.503 e. The van der Waals surface area contributed by atoms with Gasteiger partial charge in [-0.15, -0.1) is 10.2 Å². The Labute approximate surface area is 199 Å². The van der Waals surface area contributed by atoms with Crippen molar-refractivity contribution in [2.45, 2.75) is 26.3 Å². The first-order valence-corrected chi connectivity index (χ1v) is 11.5. The molecule has 1 aliphatic rings. The predicted molar refractivity (Wildman–Crippen MR) is 127 cm³/mol. The van der Waals surface area contributed by atoms with Crippen LogP contribution >= 0.6 is 11.3 Å². The van der Waals surface area contributed by atoms with Crippen molar-refractivity contribution < 1.29 is 23.8 Å². The van der Waals surface area contributed by atoms with Crippen molar-refractivity contribution in [2.75, 3.05) is 12.0 Å². The summed E-state index contributed by atoms with van der Waals surface area (Å²) in [5, 5.41) is 20.6. The average molecular weight is 476 g/mol. The fourth-order valence-electron chi connectivity index (χ4n) is 4.11. The summed E-state index contributed by atoms with van der Waals surface area (Å²) in [6.45, 7) is 3.81. The van der Waals surface area contributed by atoms with Gasteiger partial charge in [-0.05, 0) is 36.6 Å². The lowest BCUT2D eigenvalue weighted by Gasteiger charge is -2.24. The van der Waals surface area contributed by atoms with E-state index in [9.17, 15) is 14.7 Å². The quantitative estimate of drug-likeness (QED) is 0.394. The zero-order valence-electron chi connectivity index (χ0n) is 18.7. The van der Waals surface area contributed by atoms with Gasteiger partial charge in [0.1, 0.15) is 5.01 Å². The molecule has 5 rings (SSSR count). The fourth-order valence-corrected chi connectivity index (χ4v) is 4.82. The molecule has 1 N–H and O–H groups in total. The number of furan rings is 1. The van der Waals surface area contributed by atoms with E-state index >= 15 is 0 Å². The Morgan fingerprint density at radius 2 is 1.97 bits per heavy atom. The van der Waals surface area contributed by atoms with Crippen molar-refractivity contribution >= 4 is 39.1 Å². The van der Waals surface area contributed by atoms with Gasteiger partial charge in [-0.25, -0.2) is 0 Å². The number of aliphatic hydroxyl groups is 1. The molecule has 34 heavy (non-hydrogen) atoms. The van der Waals surface area contributed by atoms with Gasteiger partial charge in [0.25, 0.3) is 5.91 Å². The van der Waals surface area contributed by atoms with Crippen LogP contribution in [-0.2, 0) is 11.2 Å². The molecule has 1 aliphatic heterocycles. The molecule has 0 saturated carbocycles. The third-order valence-electron chi connectivity index (χ3n) is 5.83. The first kappa shape index (κ1) is 21.8. The number of benzene rings is 2. The molecule has 9 heteroatoms. The number of ketones is 1. The van der Waals surface area contributed by atoms with Crippen molar-refractivity contribution in [2.24, 2.45) is 0 Å². The number of hydrogen-bond donors (Lipinski definition) is 1. The Balaban J connectivity index is 1.65. The molecule has 4 aromatic rings.